The van der Waals surface area contributed by atoms with E-state index in [9.17, 15) is 9.59 Å². The zero-order valence-corrected chi connectivity index (χ0v) is 16.5. The Morgan fingerprint density at radius 3 is 2.43 bits per heavy atom. The van der Waals surface area contributed by atoms with Crippen molar-refractivity contribution in [3.05, 3.63) is 39.0 Å². The summed E-state index contributed by atoms with van der Waals surface area (Å²) in [5, 5.41) is 0. The van der Waals surface area contributed by atoms with Gasteiger partial charge in [0, 0.05) is 18.7 Å². The topological polar surface area (TPSA) is 80.3 Å². The predicted octanol–water partition coefficient (Wildman–Crippen LogP) is 1.79. The summed E-state index contributed by atoms with van der Waals surface area (Å²) in [5.41, 5.74) is 0.430. The first-order valence-corrected chi connectivity index (χ1v) is 8.73. The lowest BCUT2D eigenvalue weighted by Crippen LogP contribution is -2.41. The Labute approximate surface area is 162 Å². The van der Waals surface area contributed by atoms with Gasteiger partial charge in [0.15, 0.2) is 22.7 Å². The van der Waals surface area contributed by atoms with Gasteiger partial charge >= 0.3 is 5.69 Å². The lowest BCUT2D eigenvalue weighted by Gasteiger charge is -2.13. The highest BCUT2D eigenvalue weighted by molar-refractivity contribution is 5.77. The maximum Gasteiger partial charge on any atom is 0.333 e. The molecule has 0 atom stereocenters. The van der Waals surface area contributed by atoms with Crippen molar-refractivity contribution in [1.29, 1.82) is 0 Å². The number of ether oxygens (including phenoxy) is 2. The normalized spacial score (nSPS) is 11.0. The van der Waals surface area contributed by atoms with Crippen molar-refractivity contribution in [2.45, 2.75) is 26.4 Å². The minimum atomic E-state index is -0.470. The third-order valence-electron chi connectivity index (χ3n) is 4.60. The summed E-state index contributed by atoms with van der Waals surface area (Å²) < 4.78 is 14.9. The Morgan fingerprint density at radius 2 is 1.86 bits per heavy atom. The minimum Gasteiger partial charge on any atom is -0.493 e. The molecule has 0 bridgehead atoms. The van der Waals surface area contributed by atoms with Crippen molar-refractivity contribution >= 4 is 11.2 Å². The SMILES string of the molecule is C#CCn1c(=O)c2c(nc(-c3ccc(OC)c(OC)c3)n2C)n(C(C)C)c1=O. The molecule has 1 aromatic carbocycles. The molecule has 8 nitrogen and oxygen atoms in total. The molecule has 0 fully saturated rings. The van der Waals surface area contributed by atoms with Gasteiger partial charge < -0.3 is 14.0 Å². The number of imidazole rings is 1. The lowest BCUT2D eigenvalue weighted by molar-refractivity contribution is 0.355. The molecule has 0 spiro atoms. The molecule has 3 aromatic rings. The average molecular weight is 382 g/mol. The van der Waals surface area contributed by atoms with Gasteiger partial charge in [0.2, 0.25) is 0 Å². The van der Waals surface area contributed by atoms with Gasteiger partial charge in [-0.25, -0.2) is 14.3 Å². The molecular weight excluding hydrogens is 360 g/mol. The maximum atomic E-state index is 13.0. The minimum absolute atomic E-state index is 0.100. The van der Waals surface area contributed by atoms with Gasteiger partial charge in [-0.3, -0.25) is 9.36 Å². The van der Waals surface area contributed by atoms with Crippen molar-refractivity contribution in [1.82, 2.24) is 18.7 Å². The molecule has 8 heteroatoms. The molecule has 0 N–H and O–H groups in total. The third-order valence-corrected chi connectivity index (χ3v) is 4.60. The molecule has 0 aliphatic rings. The summed E-state index contributed by atoms with van der Waals surface area (Å²) in [4.78, 5) is 30.4. The standard InChI is InChI=1S/C20H22N4O4/c1-7-10-23-19(25)16-18(24(12(2)3)20(23)26)21-17(22(16)4)13-8-9-14(27-5)15(11-13)28-6/h1,8-9,11-12H,10H2,2-6H3. The van der Waals surface area contributed by atoms with E-state index in [2.05, 4.69) is 10.9 Å². The molecule has 2 aromatic heterocycles. The van der Waals surface area contributed by atoms with E-state index in [-0.39, 0.29) is 12.6 Å². The number of terminal acetylenes is 1. The number of hydrogen-bond acceptors (Lipinski definition) is 5. The number of aryl methyl sites for hydroxylation is 1. The summed E-state index contributed by atoms with van der Waals surface area (Å²) >= 11 is 0. The highest BCUT2D eigenvalue weighted by atomic mass is 16.5. The van der Waals surface area contributed by atoms with Gasteiger partial charge in [-0.15, -0.1) is 6.42 Å². The van der Waals surface area contributed by atoms with Crippen LogP contribution >= 0.6 is 0 Å². The second-order valence-corrected chi connectivity index (χ2v) is 6.58. The number of fused-ring (bicyclic) bond motifs is 1. The van der Waals surface area contributed by atoms with Crippen molar-refractivity contribution in [2.75, 3.05) is 14.2 Å². The number of aromatic nitrogens is 4. The lowest BCUT2D eigenvalue weighted by atomic mass is 10.2. The molecular formula is C20H22N4O4. The highest BCUT2D eigenvalue weighted by Crippen LogP contribution is 2.32. The fourth-order valence-corrected chi connectivity index (χ4v) is 3.26. The van der Waals surface area contributed by atoms with Gasteiger partial charge in [0.25, 0.3) is 5.56 Å². The van der Waals surface area contributed by atoms with E-state index in [1.165, 1.54) is 4.57 Å². The van der Waals surface area contributed by atoms with Crippen molar-refractivity contribution in [3.63, 3.8) is 0 Å². The Kier molecular flexibility index (Phi) is 5.01. The molecule has 3 rings (SSSR count). The van der Waals surface area contributed by atoms with Crippen LogP contribution in [0, 0.1) is 12.3 Å². The molecule has 146 valence electrons. The summed E-state index contributed by atoms with van der Waals surface area (Å²) in [6, 6.07) is 5.16. The van der Waals surface area contributed by atoms with Crippen LogP contribution in [0.4, 0.5) is 0 Å². The maximum absolute atomic E-state index is 13.0. The van der Waals surface area contributed by atoms with Crippen LogP contribution in [0.15, 0.2) is 27.8 Å². The smallest absolute Gasteiger partial charge is 0.333 e. The van der Waals surface area contributed by atoms with Gasteiger partial charge in [-0.1, -0.05) is 5.92 Å². The average Bonchev–Trinajstić information content (AvgIpc) is 3.01. The van der Waals surface area contributed by atoms with Gasteiger partial charge in [-0.2, -0.15) is 0 Å². The Bertz CT molecular complexity index is 1210. The fourth-order valence-electron chi connectivity index (χ4n) is 3.26. The van der Waals surface area contributed by atoms with Crippen LogP contribution in [0.1, 0.15) is 19.9 Å². The largest absolute Gasteiger partial charge is 0.493 e. The number of rotatable bonds is 5. The van der Waals surface area contributed by atoms with Gasteiger partial charge in [0.1, 0.15) is 5.82 Å². The van der Waals surface area contributed by atoms with Crippen LogP contribution < -0.4 is 20.7 Å². The quantitative estimate of drug-likeness (QED) is 0.629. The summed E-state index contributed by atoms with van der Waals surface area (Å²) in [5.74, 6) is 4.02. The summed E-state index contributed by atoms with van der Waals surface area (Å²) in [6.45, 7) is 3.61. The Balaban J connectivity index is 2.40. The van der Waals surface area contributed by atoms with E-state index < -0.39 is 11.2 Å². The highest BCUT2D eigenvalue weighted by Gasteiger charge is 2.22. The molecule has 0 amide bonds. The van der Waals surface area contributed by atoms with E-state index >= 15 is 0 Å². The number of benzene rings is 1. The third kappa shape index (κ3) is 2.85. The zero-order chi connectivity index (χ0) is 20.6. The first kappa shape index (κ1) is 19.3. The van der Waals surface area contributed by atoms with Gasteiger partial charge in [0.05, 0.1) is 20.8 Å². The van der Waals surface area contributed by atoms with Crippen LogP contribution in [-0.4, -0.2) is 32.9 Å². The first-order valence-electron chi connectivity index (χ1n) is 8.73. The molecule has 0 saturated carbocycles. The molecule has 2 heterocycles. The molecule has 0 radical (unpaired) electrons. The van der Waals surface area contributed by atoms with Crippen molar-refractivity contribution in [3.8, 4) is 35.2 Å². The van der Waals surface area contributed by atoms with Crippen LogP contribution in [0.5, 0.6) is 11.5 Å². The van der Waals surface area contributed by atoms with E-state index in [0.29, 0.717) is 28.5 Å². The first-order chi connectivity index (χ1) is 13.3. The van der Waals surface area contributed by atoms with Crippen LogP contribution in [-0.2, 0) is 13.6 Å². The van der Waals surface area contributed by atoms with E-state index in [0.717, 1.165) is 10.1 Å². The van der Waals surface area contributed by atoms with Gasteiger partial charge in [-0.05, 0) is 32.0 Å². The fraction of sp³-hybridized carbons (Fsp3) is 0.350. The summed E-state index contributed by atoms with van der Waals surface area (Å²) in [6.07, 6.45) is 5.36. The van der Waals surface area contributed by atoms with E-state index in [4.69, 9.17) is 15.9 Å². The van der Waals surface area contributed by atoms with Crippen molar-refractivity contribution < 1.29 is 9.47 Å². The van der Waals surface area contributed by atoms with E-state index in [1.807, 2.05) is 19.9 Å². The zero-order valence-electron chi connectivity index (χ0n) is 16.5. The summed E-state index contributed by atoms with van der Waals surface area (Å²) in [7, 11) is 4.84. The molecule has 0 aliphatic heterocycles. The van der Waals surface area contributed by atoms with Crippen molar-refractivity contribution in [2.24, 2.45) is 7.05 Å². The van der Waals surface area contributed by atoms with Crippen LogP contribution in [0.25, 0.3) is 22.6 Å². The Morgan fingerprint density at radius 1 is 1.18 bits per heavy atom. The molecule has 0 aliphatic carbocycles. The molecule has 28 heavy (non-hydrogen) atoms. The second-order valence-electron chi connectivity index (χ2n) is 6.58. The second kappa shape index (κ2) is 7.27. The monoisotopic (exact) mass is 382 g/mol. The van der Waals surface area contributed by atoms with Crippen LogP contribution in [0.3, 0.4) is 0 Å². The predicted molar refractivity (Wildman–Crippen MR) is 107 cm³/mol. The number of nitrogens with zero attached hydrogens (tertiary/aromatic N) is 4. The molecule has 0 saturated heterocycles. The Hall–Kier alpha value is -3.47. The number of methoxy groups -OCH3 is 2. The molecule has 0 unspecified atom stereocenters. The van der Waals surface area contributed by atoms with E-state index in [1.54, 1.807) is 38.0 Å². The number of hydrogen-bond donors (Lipinski definition) is 0. The van der Waals surface area contributed by atoms with Crippen LogP contribution in [0.2, 0.25) is 0 Å².